The number of fused-ring (bicyclic) bond motifs is 1. The SMILES string of the molecule is Cc1cc2cc(C(=O)NCC3CCN(C(=O)C4CC=CC4)CC3)ccc2o1. The first-order chi connectivity index (χ1) is 13.1. The molecule has 27 heavy (non-hydrogen) atoms. The molecule has 1 aliphatic heterocycles. The molecular weight excluding hydrogens is 340 g/mol. The number of amides is 2. The summed E-state index contributed by atoms with van der Waals surface area (Å²) in [4.78, 5) is 27.0. The molecule has 1 fully saturated rings. The first-order valence-electron chi connectivity index (χ1n) is 9.82. The van der Waals surface area contributed by atoms with E-state index in [1.807, 2.05) is 30.0 Å². The predicted molar refractivity (Wildman–Crippen MR) is 104 cm³/mol. The molecule has 0 saturated carbocycles. The summed E-state index contributed by atoms with van der Waals surface area (Å²) in [6, 6.07) is 7.47. The van der Waals surface area contributed by atoms with Gasteiger partial charge in [0.05, 0.1) is 0 Å². The van der Waals surface area contributed by atoms with E-state index >= 15 is 0 Å². The lowest BCUT2D eigenvalue weighted by Crippen LogP contribution is -2.43. The third kappa shape index (κ3) is 3.92. The van der Waals surface area contributed by atoms with E-state index in [1.54, 1.807) is 6.07 Å². The molecule has 2 aromatic rings. The van der Waals surface area contributed by atoms with Gasteiger partial charge in [-0.05, 0) is 62.8 Å². The molecular formula is C22H26N2O3. The highest BCUT2D eigenvalue weighted by molar-refractivity contribution is 5.97. The van der Waals surface area contributed by atoms with Crippen molar-refractivity contribution in [2.45, 2.75) is 32.6 Å². The fraction of sp³-hybridized carbons (Fsp3) is 0.455. The van der Waals surface area contributed by atoms with Crippen LogP contribution in [0.1, 0.15) is 41.8 Å². The zero-order valence-corrected chi connectivity index (χ0v) is 15.7. The second-order valence-electron chi connectivity index (χ2n) is 7.73. The number of hydrogen-bond acceptors (Lipinski definition) is 3. The summed E-state index contributed by atoms with van der Waals surface area (Å²) in [5, 5.41) is 4.01. The summed E-state index contributed by atoms with van der Waals surface area (Å²) < 4.78 is 5.56. The highest BCUT2D eigenvalue weighted by atomic mass is 16.3. The van der Waals surface area contributed by atoms with E-state index in [9.17, 15) is 9.59 Å². The van der Waals surface area contributed by atoms with Crippen molar-refractivity contribution in [2.75, 3.05) is 19.6 Å². The number of rotatable bonds is 4. The van der Waals surface area contributed by atoms with Crippen LogP contribution in [0.15, 0.2) is 40.8 Å². The normalized spacial score (nSPS) is 18.3. The zero-order valence-electron chi connectivity index (χ0n) is 15.7. The monoisotopic (exact) mass is 366 g/mol. The lowest BCUT2D eigenvalue weighted by Gasteiger charge is -2.33. The Hall–Kier alpha value is -2.56. The van der Waals surface area contributed by atoms with Crippen molar-refractivity contribution in [1.29, 1.82) is 0 Å². The largest absolute Gasteiger partial charge is 0.461 e. The molecule has 0 atom stereocenters. The number of carbonyl (C=O) groups is 2. The van der Waals surface area contributed by atoms with Gasteiger partial charge in [0.1, 0.15) is 11.3 Å². The second kappa shape index (κ2) is 7.59. The molecule has 0 spiro atoms. The highest BCUT2D eigenvalue weighted by Gasteiger charge is 2.28. The molecule has 2 amide bonds. The molecule has 1 saturated heterocycles. The van der Waals surface area contributed by atoms with E-state index < -0.39 is 0 Å². The Balaban J connectivity index is 1.26. The van der Waals surface area contributed by atoms with Crippen molar-refractivity contribution < 1.29 is 14.0 Å². The van der Waals surface area contributed by atoms with Crippen LogP contribution in [-0.4, -0.2) is 36.3 Å². The van der Waals surface area contributed by atoms with Gasteiger partial charge in [-0.1, -0.05) is 12.2 Å². The Morgan fingerprint density at radius 2 is 1.89 bits per heavy atom. The van der Waals surface area contributed by atoms with Crippen LogP contribution in [0.2, 0.25) is 0 Å². The van der Waals surface area contributed by atoms with Gasteiger partial charge < -0.3 is 14.6 Å². The number of likely N-dealkylation sites (tertiary alicyclic amines) is 1. The van der Waals surface area contributed by atoms with Crippen molar-refractivity contribution in [1.82, 2.24) is 10.2 Å². The minimum Gasteiger partial charge on any atom is -0.461 e. The number of benzene rings is 1. The van der Waals surface area contributed by atoms with E-state index in [0.717, 1.165) is 55.5 Å². The maximum absolute atomic E-state index is 12.5. The molecule has 2 aliphatic rings. The summed E-state index contributed by atoms with van der Waals surface area (Å²) in [6.07, 6.45) is 7.88. The summed E-state index contributed by atoms with van der Waals surface area (Å²) in [7, 11) is 0. The van der Waals surface area contributed by atoms with Gasteiger partial charge in [-0.2, -0.15) is 0 Å². The molecule has 1 aromatic carbocycles. The van der Waals surface area contributed by atoms with Crippen LogP contribution >= 0.6 is 0 Å². The van der Waals surface area contributed by atoms with Crippen LogP contribution in [0.4, 0.5) is 0 Å². The van der Waals surface area contributed by atoms with Crippen LogP contribution in [0.25, 0.3) is 11.0 Å². The maximum Gasteiger partial charge on any atom is 0.251 e. The summed E-state index contributed by atoms with van der Waals surface area (Å²) in [5.74, 6) is 1.68. The molecule has 1 aromatic heterocycles. The number of nitrogens with zero attached hydrogens (tertiary/aromatic N) is 1. The number of aryl methyl sites for hydroxylation is 1. The standard InChI is InChI=1S/C22H26N2O3/c1-15-12-19-13-18(6-7-20(19)27-15)21(25)23-14-16-8-10-24(11-9-16)22(26)17-4-2-3-5-17/h2-3,6-7,12-13,16-17H,4-5,8-11,14H2,1H3,(H,23,25). The van der Waals surface area contributed by atoms with Crippen molar-refractivity contribution in [3.8, 4) is 0 Å². The fourth-order valence-electron chi connectivity index (χ4n) is 4.09. The molecule has 0 bridgehead atoms. The average Bonchev–Trinajstić information content (AvgIpc) is 3.34. The third-order valence-electron chi connectivity index (χ3n) is 5.74. The number of piperidine rings is 1. The Morgan fingerprint density at radius 3 is 2.63 bits per heavy atom. The van der Waals surface area contributed by atoms with Crippen LogP contribution in [-0.2, 0) is 4.79 Å². The van der Waals surface area contributed by atoms with Crippen LogP contribution in [0.5, 0.6) is 0 Å². The lowest BCUT2D eigenvalue weighted by molar-refractivity contribution is -0.136. The predicted octanol–water partition coefficient (Wildman–Crippen LogP) is 3.68. The molecule has 4 rings (SSSR count). The third-order valence-corrected chi connectivity index (χ3v) is 5.74. The first kappa shape index (κ1) is 17.8. The Kier molecular flexibility index (Phi) is 5.01. The van der Waals surface area contributed by atoms with Gasteiger partial charge in [-0.15, -0.1) is 0 Å². The van der Waals surface area contributed by atoms with E-state index in [4.69, 9.17) is 4.42 Å². The Morgan fingerprint density at radius 1 is 1.15 bits per heavy atom. The Bertz CT molecular complexity index is 867. The van der Waals surface area contributed by atoms with Crippen molar-refractivity contribution in [2.24, 2.45) is 11.8 Å². The smallest absolute Gasteiger partial charge is 0.251 e. The van der Waals surface area contributed by atoms with E-state index in [0.29, 0.717) is 23.9 Å². The highest BCUT2D eigenvalue weighted by Crippen LogP contribution is 2.24. The minimum absolute atomic E-state index is 0.0497. The second-order valence-corrected chi connectivity index (χ2v) is 7.73. The number of allylic oxidation sites excluding steroid dienone is 2. The summed E-state index contributed by atoms with van der Waals surface area (Å²) in [6.45, 7) is 4.17. The average molecular weight is 366 g/mol. The fourth-order valence-corrected chi connectivity index (χ4v) is 4.09. The van der Waals surface area contributed by atoms with Gasteiger partial charge >= 0.3 is 0 Å². The van der Waals surface area contributed by atoms with E-state index in [-0.39, 0.29) is 11.8 Å². The molecule has 2 heterocycles. The quantitative estimate of drug-likeness (QED) is 0.840. The molecule has 0 radical (unpaired) electrons. The molecule has 1 aliphatic carbocycles. The zero-order chi connectivity index (χ0) is 18.8. The number of nitrogens with one attached hydrogen (secondary N) is 1. The van der Waals surface area contributed by atoms with Crippen LogP contribution in [0.3, 0.4) is 0 Å². The number of carbonyl (C=O) groups excluding carboxylic acids is 2. The van der Waals surface area contributed by atoms with Gasteiger partial charge in [-0.25, -0.2) is 0 Å². The van der Waals surface area contributed by atoms with Crippen LogP contribution in [0, 0.1) is 18.8 Å². The van der Waals surface area contributed by atoms with Crippen LogP contribution < -0.4 is 5.32 Å². The maximum atomic E-state index is 12.5. The van der Waals surface area contributed by atoms with Crippen molar-refractivity contribution in [3.05, 3.63) is 47.7 Å². The van der Waals surface area contributed by atoms with Crippen molar-refractivity contribution in [3.63, 3.8) is 0 Å². The lowest BCUT2D eigenvalue weighted by atomic mass is 9.95. The van der Waals surface area contributed by atoms with Gasteiger partial charge in [0, 0.05) is 36.5 Å². The minimum atomic E-state index is -0.0497. The number of furan rings is 1. The molecule has 5 heteroatoms. The molecule has 142 valence electrons. The first-order valence-corrected chi connectivity index (χ1v) is 9.82. The van der Waals surface area contributed by atoms with Gasteiger partial charge in [0.2, 0.25) is 5.91 Å². The van der Waals surface area contributed by atoms with Gasteiger partial charge in [0.25, 0.3) is 5.91 Å². The van der Waals surface area contributed by atoms with E-state index in [1.165, 1.54) is 0 Å². The topological polar surface area (TPSA) is 62.6 Å². The van der Waals surface area contributed by atoms with Crippen molar-refractivity contribution >= 4 is 22.8 Å². The van der Waals surface area contributed by atoms with Gasteiger partial charge in [0.15, 0.2) is 0 Å². The van der Waals surface area contributed by atoms with E-state index in [2.05, 4.69) is 17.5 Å². The molecule has 0 unspecified atom stereocenters. The number of hydrogen-bond donors (Lipinski definition) is 1. The Labute approximate surface area is 159 Å². The molecule has 1 N–H and O–H groups in total. The summed E-state index contributed by atoms with van der Waals surface area (Å²) >= 11 is 0. The van der Waals surface area contributed by atoms with Gasteiger partial charge in [-0.3, -0.25) is 9.59 Å². The molecule has 5 nitrogen and oxygen atoms in total. The summed E-state index contributed by atoms with van der Waals surface area (Å²) in [5.41, 5.74) is 1.46.